The number of hydrogen-bond acceptors (Lipinski definition) is 9. The molecule has 0 saturated carbocycles. The molecule has 2 bridgehead atoms. The van der Waals surface area contributed by atoms with Gasteiger partial charge in [0.2, 0.25) is 11.8 Å². The normalized spacial score (nSPS) is 25.2. The first-order valence-electron chi connectivity index (χ1n) is 14.5. The fourth-order valence-corrected chi connectivity index (χ4v) is 7.33. The summed E-state index contributed by atoms with van der Waals surface area (Å²) < 4.78 is 5.75. The number of aryl methyl sites for hydroxylation is 1. The Kier molecular flexibility index (Phi) is 7.60. The minimum absolute atomic E-state index is 0.0823. The van der Waals surface area contributed by atoms with Crippen molar-refractivity contribution >= 4 is 29.0 Å². The van der Waals surface area contributed by atoms with E-state index < -0.39 is 18.1 Å². The highest BCUT2D eigenvalue weighted by molar-refractivity contribution is 7.13. The van der Waals surface area contributed by atoms with E-state index in [0.29, 0.717) is 17.8 Å². The molecule has 41 heavy (non-hydrogen) atoms. The van der Waals surface area contributed by atoms with E-state index in [4.69, 9.17) is 4.52 Å². The van der Waals surface area contributed by atoms with Gasteiger partial charge in [-0.1, -0.05) is 43.3 Å². The lowest BCUT2D eigenvalue weighted by atomic mass is 9.91. The Labute approximate surface area is 244 Å². The minimum atomic E-state index is -0.766. The summed E-state index contributed by atoms with van der Waals surface area (Å²) in [6.07, 6.45) is 0.521. The Bertz CT molecular complexity index is 1400. The molecule has 0 unspecified atom stereocenters. The molecule has 10 nitrogen and oxygen atoms in total. The minimum Gasteiger partial charge on any atom is -0.391 e. The molecule has 3 aliphatic heterocycles. The van der Waals surface area contributed by atoms with Crippen molar-refractivity contribution in [2.75, 3.05) is 24.5 Å². The number of carbonyl (C=O) groups excluding carboxylic acids is 2. The van der Waals surface area contributed by atoms with Crippen LogP contribution in [0, 0.1) is 12.8 Å². The van der Waals surface area contributed by atoms with Crippen LogP contribution in [0.1, 0.15) is 62.6 Å². The predicted octanol–water partition coefficient (Wildman–Crippen LogP) is 3.24. The van der Waals surface area contributed by atoms with Gasteiger partial charge in [-0.2, -0.15) is 0 Å². The van der Waals surface area contributed by atoms with Crippen LogP contribution in [0.2, 0.25) is 0 Å². The van der Waals surface area contributed by atoms with Gasteiger partial charge in [0.15, 0.2) is 11.6 Å². The van der Waals surface area contributed by atoms with Crippen molar-refractivity contribution < 1.29 is 19.2 Å². The van der Waals surface area contributed by atoms with Crippen LogP contribution < -0.4 is 15.5 Å². The zero-order valence-electron chi connectivity index (χ0n) is 23.9. The Balaban J connectivity index is 1.15. The number of anilines is 1. The van der Waals surface area contributed by atoms with E-state index in [1.54, 1.807) is 11.3 Å². The van der Waals surface area contributed by atoms with Crippen LogP contribution in [-0.2, 0) is 9.59 Å². The summed E-state index contributed by atoms with van der Waals surface area (Å²) in [4.78, 5) is 36.7. The van der Waals surface area contributed by atoms with Crippen LogP contribution in [-0.4, -0.2) is 75.8 Å². The van der Waals surface area contributed by atoms with Gasteiger partial charge in [-0.25, -0.2) is 4.98 Å². The van der Waals surface area contributed by atoms with E-state index in [1.165, 1.54) is 4.90 Å². The second kappa shape index (κ2) is 11.2. The van der Waals surface area contributed by atoms with Gasteiger partial charge in [0.1, 0.15) is 12.0 Å². The molecule has 11 heteroatoms. The summed E-state index contributed by atoms with van der Waals surface area (Å²) in [6.45, 7) is 9.77. The number of aromatic nitrogens is 2. The van der Waals surface area contributed by atoms with Gasteiger partial charge in [0.05, 0.1) is 28.2 Å². The Morgan fingerprint density at radius 1 is 1.17 bits per heavy atom. The number of aliphatic hydroxyl groups is 1. The van der Waals surface area contributed by atoms with Crippen molar-refractivity contribution in [3.05, 3.63) is 52.9 Å². The van der Waals surface area contributed by atoms with Crippen LogP contribution >= 0.6 is 11.3 Å². The van der Waals surface area contributed by atoms with Crippen LogP contribution in [0.25, 0.3) is 10.4 Å². The lowest BCUT2D eigenvalue weighted by Crippen LogP contribution is -2.48. The number of benzene rings is 1. The second-order valence-electron chi connectivity index (χ2n) is 12.0. The smallest absolute Gasteiger partial charge is 0.243 e. The summed E-state index contributed by atoms with van der Waals surface area (Å²) in [7, 11) is 0. The first kappa shape index (κ1) is 27.9. The number of rotatable bonds is 8. The van der Waals surface area contributed by atoms with Gasteiger partial charge < -0.3 is 30.1 Å². The number of thiazole rings is 1. The molecule has 3 aromatic rings. The quantitative estimate of drug-likeness (QED) is 0.372. The number of nitrogens with zero attached hydrogens (tertiary/aromatic N) is 4. The fourth-order valence-electron chi connectivity index (χ4n) is 6.52. The monoisotopic (exact) mass is 578 g/mol. The summed E-state index contributed by atoms with van der Waals surface area (Å²) in [5, 5.41) is 21.4. The van der Waals surface area contributed by atoms with Gasteiger partial charge >= 0.3 is 0 Å². The first-order chi connectivity index (χ1) is 19.7. The number of amides is 2. The van der Waals surface area contributed by atoms with Crippen molar-refractivity contribution in [2.45, 2.75) is 76.7 Å². The number of fused-ring (bicyclic) bond motifs is 2. The second-order valence-corrected chi connectivity index (χ2v) is 12.8. The molecular weight excluding hydrogens is 540 g/mol. The number of piperazine rings is 1. The maximum atomic E-state index is 14.0. The van der Waals surface area contributed by atoms with Crippen molar-refractivity contribution in [1.29, 1.82) is 0 Å². The Morgan fingerprint density at radius 2 is 1.95 bits per heavy atom. The van der Waals surface area contributed by atoms with Crippen molar-refractivity contribution in [3.63, 3.8) is 0 Å². The van der Waals surface area contributed by atoms with Crippen LogP contribution in [0.5, 0.6) is 0 Å². The average Bonchev–Trinajstić information content (AvgIpc) is 3.77. The third-order valence-corrected chi connectivity index (χ3v) is 9.73. The third-order valence-electron chi connectivity index (χ3n) is 8.75. The number of likely N-dealkylation sites (tertiary alicyclic amines) is 1. The molecule has 3 aliphatic rings. The molecule has 3 saturated heterocycles. The van der Waals surface area contributed by atoms with Crippen LogP contribution in [0.15, 0.2) is 40.4 Å². The zero-order chi connectivity index (χ0) is 28.8. The molecule has 2 amide bonds. The van der Waals surface area contributed by atoms with Crippen molar-refractivity contribution in [1.82, 2.24) is 25.7 Å². The SMILES string of the molecule is Cc1ncsc1-c1ccc([C@H](C)NC(=O)[C@@H]2C[C@@H](O)CN2C(=O)[C@@H](c2cc(N3C[C@@H]4C[C@H]3CN4)no2)C(C)C)cc1. The van der Waals surface area contributed by atoms with E-state index in [1.807, 2.05) is 63.5 Å². The van der Waals surface area contributed by atoms with Gasteiger partial charge in [-0.05, 0) is 37.3 Å². The number of carbonyl (C=O) groups is 2. The largest absolute Gasteiger partial charge is 0.391 e. The summed E-state index contributed by atoms with van der Waals surface area (Å²) >= 11 is 1.60. The predicted molar refractivity (Wildman–Crippen MR) is 157 cm³/mol. The van der Waals surface area contributed by atoms with Crippen molar-refractivity contribution in [3.8, 4) is 10.4 Å². The molecule has 0 radical (unpaired) electrons. The average molecular weight is 579 g/mol. The number of hydrogen-bond donors (Lipinski definition) is 3. The van der Waals surface area contributed by atoms with E-state index >= 15 is 0 Å². The van der Waals surface area contributed by atoms with E-state index in [-0.39, 0.29) is 36.7 Å². The highest BCUT2D eigenvalue weighted by atomic mass is 32.1. The summed E-state index contributed by atoms with van der Waals surface area (Å²) in [5.41, 5.74) is 4.88. The van der Waals surface area contributed by atoms with Gasteiger partial charge in [-0.3, -0.25) is 9.59 Å². The standard InChI is InChI=1S/C30H38N6O4S/c1-16(2)27(25-11-26(34-40-25)35-13-21-9-22(35)12-31-21)30(39)36-14-23(37)10-24(36)29(38)33-17(3)19-5-7-20(8-6-19)28-18(4)32-15-41-28/h5-8,11,15-17,21-24,27,31,37H,9-10,12-14H2,1-4H3,(H,33,38)/t17-,21-,22-,23+,24-,27+/m0/s1. The lowest BCUT2D eigenvalue weighted by Gasteiger charge is -2.29. The highest BCUT2D eigenvalue weighted by Crippen LogP contribution is 2.35. The van der Waals surface area contributed by atoms with Gasteiger partial charge in [-0.15, -0.1) is 11.3 Å². The lowest BCUT2D eigenvalue weighted by molar-refractivity contribution is -0.141. The van der Waals surface area contributed by atoms with E-state index in [0.717, 1.165) is 47.0 Å². The van der Waals surface area contributed by atoms with E-state index in [2.05, 4.69) is 25.7 Å². The number of β-amino-alcohol motifs (C(OH)–C–C–N with tert-alkyl or cyclic N) is 1. The Hall–Kier alpha value is -3.28. The molecule has 2 aromatic heterocycles. The molecule has 6 atom stereocenters. The maximum Gasteiger partial charge on any atom is 0.243 e. The molecule has 3 fully saturated rings. The maximum absolute atomic E-state index is 14.0. The summed E-state index contributed by atoms with van der Waals surface area (Å²) in [6, 6.07) is 9.80. The number of aliphatic hydroxyl groups excluding tert-OH is 1. The first-order valence-corrected chi connectivity index (χ1v) is 15.3. The third kappa shape index (κ3) is 5.38. The van der Waals surface area contributed by atoms with Gasteiger partial charge in [0, 0.05) is 44.2 Å². The molecular formula is C30H38N6O4S. The molecule has 3 N–H and O–H groups in total. The number of nitrogens with one attached hydrogen (secondary N) is 2. The Morgan fingerprint density at radius 3 is 2.59 bits per heavy atom. The molecule has 5 heterocycles. The van der Waals surface area contributed by atoms with Gasteiger partial charge in [0.25, 0.3) is 0 Å². The fraction of sp³-hybridized carbons (Fsp3) is 0.533. The van der Waals surface area contributed by atoms with Crippen LogP contribution in [0.4, 0.5) is 5.82 Å². The molecule has 1 aromatic carbocycles. The topological polar surface area (TPSA) is 124 Å². The summed E-state index contributed by atoms with van der Waals surface area (Å²) in [5.74, 6) is 0.0811. The highest BCUT2D eigenvalue weighted by Gasteiger charge is 2.44. The molecule has 0 aliphatic carbocycles. The molecule has 6 rings (SSSR count). The molecule has 0 spiro atoms. The zero-order valence-corrected chi connectivity index (χ0v) is 24.7. The molecule has 218 valence electrons. The van der Waals surface area contributed by atoms with Crippen molar-refractivity contribution in [2.24, 2.45) is 5.92 Å². The van der Waals surface area contributed by atoms with E-state index in [9.17, 15) is 14.7 Å². The van der Waals surface area contributed by atoms with Crippen LogP contribution in [0.3, 0.4) is 0 Å².